The zero-order valence-corrected chi connectivity index (χ0v) is 16.4. The number of hydrogen-bond donors (Lipinski definition) is 0. The van der Waals surface area contributed by atoms with Gasteiger partial charge in [0.05, 0.1) is 11.7 Å². The summed E-state index contributed by atoms with van der Waals surface area (Å²) in [6, 6.07) is 6.18. The van der Waals surface area contributed by atoms with Gasteiger partial charge in [0.2, 0.25) is 0 Å². The molecule has 0 aromatic carbocycles. The van der Waals surface area contributed by atoms with Crippen molar-refractivity contribution < 1.29 is 4.79 Å². The van der Waals surface area contributed by atoms with Crippen LogP contribution >= 0.6 is 0 Å². The number of nitrogens with zero attached hydrogens (tertiary/aromatic N) is 5. The van der Waals surface area contributed by atoms with Crippen molar-refractivity contribution in [1.82, 2.24) is 19.7 Å². The molecule has 1 atom stereocenters. The summed E-state index contributed by atoms with van der Waals surface area (Å²) in [7, 11) is 3.97. The Balaban J connectivity index is 1.91. The highest BCUT2D eigenvalue weighted by Crippen LogP contribution is 2.34. The average molecular weight is 355 g/mol. The molecule has 0 saturated carbocycles. The first-order chi connectivity index (χ1) is 12.4. The van der Waals surface area contributed by atoms with Crippen molar-refractivity contribution in [3.05, 3.63) is 41.3 Å². The summed E-state index contributed by atoms with van der Waals surface area (Å²) in [5.74, 6) is 1.31. The summed E-state index contributed by atoms with van der Waals surface area (Å²) >= 11 is 0. The van der Waals surface area contributed by atoms with E-state index < -0.39 is 0 Å². The number of hydrogen-bond acceptors (Lipinski definition) is 4. The van der Waals surface area contributed by atoms with Gasteiger partial charge in [0, 0.05) is 33.4 Å². The molecule has 3 rings (SSSR count). The summed E-state index contributed by atoms with van der Waals surface area (Å²) < 4.78 is 1.84. The molecule has 1 amide bonds. The smallest absolute Gasteiger partial charge is 0.272 e. The van der Waals surface area contributed by atoms with Crippen LogP contribution in [0, 0.1) is 0 Å². The lowest BCUT2D eigenvalue weighted by atomic mass is 10.1. The molecular formula is C20H29N5O. The van der Waals surface area contributed by atoms with Crippen LogP contribution in [-0.2, 0) is 6.54 Å². The molecule has 1 fully saturated rings. The molecule has 1 saturated heterocycles. The minimum Gasteiger partial charge on any atom is -0.363 e. The van der Waals surface area contributed by atoms with Crippen LogP contribution in [0.25, 0.3) is 0 Å². The number of likely N-dealkylation sites (tertiary alicyclic amines) is 1. The Morgan fingerprint density at radius 1 is 1.35 bits per heavy atom. The van der Waals surface area contributed by atoms with Crippen molar-refractivity contribution in [3.63, 3.8) is 0 Å². The van der Waals surface area contributed by atoms with E-state index in [4.69, 9.17) is 0 Å². The van der Waals surface area contributed by atoms with Crippen molar-refractivity contribution >= 4 is 11.7 Å². The Bertz CT molecular complexity index is 780. The fraction of sp³-hybridized carbons (Fsp3) is 0.550. The Hall–Kier alpha value is -2.37. The number of anilines is 1. The molecule has 3 heterocycles. The number of aryl methyl sites for hydroxylation is 1. The second-order valence-corrected chi connectivity index (χ2v) is 7.42. The number of aromatic nitrogens is 3. The number of carbonyl (C=O) groups excluding carboxylic acids is 1. The Morgan fingerprint density at radius 2 is 2.12 bits per heavy atom. The summed E-state index contributed by atoms with van der Waals surface area (Å²) in [6.07, 6.45) is 3.84. The summed E-state index contributed by atoms with van der Waals surface area (Å²) in [5.41, 5.74) is 2.83. The molecule has 6 heteroatoms. The van der Waals surface area contributed by atoms with E-state index in [0.717, 1.165) is 36.5 Å². The van der Waals surface area contributed by atoms with Gasteiger partial charge in [-0.25, -0.2) is 4.98 Å². The zero-order chi connectivity index (χ0) is 18.8. The third kappa shape index (κ3) is 3.45. The van der Waals surface area contributed by atoms with E-state index in [2.05, 4.69) is 30.0 Å². The highest BCUT2D eigenvalue weighted by atomic mass is 16.2. The first-order valence-corrected chi connectivity index (χ1v) is 9.44. The normalized spacial score (nSPS) is 17.2. The standard InChI is InChI=1S/C20H29N5O/c1-6-25-18(13-16(22-25)14(2)3)20(26)24-11-7-8-17(24)15-9-10-21-19(12-15)23(4)5/h9-10,12-14,17H,6-8,11H2,1-5H3. The van der Waals surface area contributed by atoms with Crippen molar-refractivity contribution in [1.29, 1.82) is 0 Å². The molecule has 0 bridgehead atoms. The molecule has 2 aromatic rings. The topological polar surface area (TPSA) is 54.3 Å². The van der Waals surface area contributed by atoms with E-state index in [1.165, 1.54) is 0 Å². The molecule has 0 aliphatic carbocycles. The quantitative estimate of drug-likeness (QED) is 0.824. The number of amides is 1. The summed E-state index contributed by atoms with van der Waals surface area (Å²) in [5, 5.41) is 4.61. The Morgan fingerprint density at radius 3 is 2.77 bits per heavy atom. The van der Waals surface area contributed by atoms with E-state index in [0.29, 0.717) is 18.2 Å². The second-order valence-electron chi connectivity index (χ2n) is 7.42. The number of rotatable bonds is 5. The van der Waals surface area contributed by atoms with Gasteiger partial charge in [0.15, 0.2) is 0 Å². The molecule has 1 aliphatic heterocycles. The van der Waals surface area contributed by atoms with Gasteiger partial charge in [-0.2, -0.15) is 5.10 Å². The van der Waals surface area contributed by atoms with Gasteiger partial charge in [-0.05, 0) is 49.4 Å². The fourth-order valence-electron chi connectivity index (χ4n) is 3.52. The van der Waals surface area contributed by atoms with Gasteiger partial charge in [-0.3, -0.25) is 9.48 Å². The van der Waals surface area contributed by atoms with Crippen LogP contribution in [0.1, 0.15) is 67.3 Å². The minimum atomic E-state index is 0.0805. The molecular weight excluding hydrogens is 326 g/mol. The maximum atomic E-state index is 13.3. The minimum absolute atomic E-state index is 0.0805. The SMILES string of the molecule is CCn1nc(C(C)C)cc1C(=O)N1CCCC1c1ccnc(N(C)C)c1. The summed E-state index contributed by atoms with van der Waals surface area (Å²) in [6.45, 7) is 7.73. The van der Waals surface area contributed by atoms with Crippen molar-refractivity contribution in [2.75, 3.05) is 25.5 Å². The van der Waals surface area contributed by atoms with Crippen molar-refractivity contribution in [2.45, 2.75) is 52.1 Å². The predicted octanol–water partition coefficient (Wildman–Crippen LogP) is 3.46. The third-order valence-corrected chi connectivity index (χ3v) is 5.04. The number of pyridine rings is 1. The van der Waals surface area contributed by atoms with Gasteiger partial charge in [-0.15, -0.1) is 0 Å². The van der Waals surface area contributed by atoms with Gasteiger partial charge >= 0.3 is 0 Å². The van der Waals surface area contributed by atoms with E-state index in [9.17, 15) is 4.79 Å². The lowest BCUT2D eigenvalue weighted by molar-refractivity contribution is 0.0723. The molecule has 140 valence electrons. The Labute approximate surface area is 155 Å². The maximum absolute atomic E-state index is 13.3. The highest BCUT2D eigenvalue weighted by molar-refractivity contribution is 5.93. The molecule has 26 heavy (non-hydrogen) atoms. The van der Waals surface area contributed by atoms with Crippen molar-refractivity contribution in [2.24, 2.45) is 0 Å². The van der Waals surface area contributed by atoms with Crippen LogP contribution in [0.15, 0.2) is 24.4 Å². The van der Waals surface area contributed by atoms with Gasteiger partial charge in [0.1, 0.15) is 11.5 Å². The molecule has 0 spiro atoms. The first kappa shape index (κ1) is 18.4. The van der Waals surface area contributed by atoms with Crippen molar-refractivity contribution in [3.8, 4) is 0 Å². The van der Waals surface area contributed by atoms with Gasteiger partial charge in [-0.1, -0.05) is 13.8 Å². The van der Waals surface area contributed by atoms with E-state index in [1.807, 2.05) is 53.8 Å². The predicted molar refractivity (Wildman–Crippen MR) is 104 cm³/mol. The maximum Gasteiger partial charge on any atom is 0.272 e. The van der Waals surface area contributed by atoms with Gasteiger partial charge < -0.3 is 9.80 Å². The van der Waals surface area contributed by atoms with Crippen LogP contribution < -0.4 is 4.90 Å². The largest absolute Gasteiger partial charge is 0.363 e. The molecule has 1 aliphatic rings. The second kappa shape index (κ2) is 7.48. The molecule has 6 nitrogen and oxygen atoms in total. The first-order valence-electron chi connectivity index (χ1n) is 9.44. The molecule has 1 unspecified atom stereocenters. The lowest BCUT2D eigenvalue weighted by Crippen LogP contribution is -2.32. The molecule has 0 N–H and O–H groups in total. The van der Waals surface area contributed by atoms with Crippen LogP contribution in [0.3, 0.4) is 0 Å². The third-order valence-electron chi connectivity index (χ3n) is 5.04. The molecule has 0 radical (unpaired) electrons. The van der Waals surface area contributed by atoms with Crippen LogP contribution in [0.2, 0.25) is 0 Å². The van der Waals surface area contributed by atoms with E-state index in [1.54, 1.807) is 0 Å². The van der Waals surface area contributed by atoms with Crippen LogP contribution in [0.5, 0.6) is 0 Å². The van der Waals surface area contributed by atoms with E-state index in [-0.39, 0.29) is 11.9 Å². The average Bonchev–Trinajstić information content (AvgIpc) is 3.28. The lowest BCUT2D eigenvalue weighted by Gasteiger charge is -2.26. The van der Waals surface area contributed by atoms with E-state index >= 15 is 0 Å². The monoisotopic (exact) mass is 355 g/mol. The van der Waals surface area contributed by atoms with Crippen LogP contribution in [-0.4, -0.2) is 46.2 Å². The fourth-order valence-corrected chi connectivity index (χ4v) is 3.52. The highest BCUT2D eigenvalue weighted by Gasteiger charge is 2.32. The van der Waals surface area contributed by atoms with Crippen LogP contribution in [0.4, 0.5) is 5.82 Å². The zero-order valence-electron chi connectivity index (χ0n) is 16.4. The number of carbonyl (C=O) groups is 1. The molecule has 2 aromatic heterocycles. The summed E-state index contributed by atoms with van der Waals surface area (Å²) in [4.78, 5) is 21.7. The Kier molecular flexibility index (Phi) is 5.30. The van der Waals surface area contributed by atoms with Gasteiger partial charge in [0.25, 0.3) is 5.91 Å².